The molecule has 6 heteroatoms. The van der Waals surface area contributed by atoms with Crippen LogP contribution in [0.15, 0.2) is 30.7 Å². The molecule has 0 N–H and O–H groups in total. The number of aromatic nitrogens is 3. The molecule has 5 nitrogen and oxygen atoms in total. The van der Waals surface area contributed by atoms with E-state index in [2.05, 4.69) is 10.1 Å². The number of nitrogens with zero attached hydrogens (tertiary/aromatic N) is 3. The first-order valence-corrected chi connectivity index (χ1v) is 5.29. The van der Waals surface area contributed by atoms with Crippen molar-refractivity contribution in [2.24, 2.45) is 7.05 Å². The second-order valence-electron chi connectivity index (χ2n) is 3.47. The van der Waals surface area contributed by atoms with Crippen LogP contribution in [0.3, 0.4) is 0 Å². The maximum absolute atomic E-state index is 11.6. The Morgan fingerprint density at radius 1 is 1.47 bits per heavy atom. The Morgan fingerprint density at radius 2 is 2.29 bits per heavy atom. The predicted molar refractivity (Wildman–Crippen MR) is 61.6 cm³/mol. The lowest BCUT2D eigenvalue weighted by Crippen LogP contribution is -2.04. The van der Waals surface area contributed by atoms with Crippen molar-refractivity contribution in [3.63, 3.8) is 0 Å². The highest BCUT2D eigenvalue weighted by molar-refractivity contribution is 6.29. The highest BCUT2D eigenvalue weighted by Gasteiger charge is 2.09. The maximum atomic E-state index is 11.6. The van der Waals surface area contributed by atoms with Crippen molar-refractivity contribution >= 4 is 17.6 Å². The zero-order chi connectivity index (χ0) is 12.3. The molecule has 2 rings (SSSR count). The lowest BCUT2D eigenvalue weighted by Gasteiger charge is -2.02. The van der Waals surface area contributed by atoms with Gasteiger partial charge in [0.2, 0.25) is 0 Å². The van der Waals surface area contributed by atoms with Gasteiger partial charge in [0.15, 0.2) is 0 Å². The Balaban J connectivity index is 1.94. The summed E-state index contributed by atoms with van der Waals surface area (Å²) in [6.45, 7) is 0.165. The summed E-state index contributed by atoms with van der Waals surface area (Å²) >= 11 is 5.64. The zero-order valence-electron chi connectivity index (χ0n) is 9.13. The number of ether oxygens (including phenoxy) is 1. The Hall–Kier alpha value is -1.88. The summed E-state index contributed by atoms with van der Waals surface area (Å²) in [5.74, 6) is -0.409. The van der Waals surface area contributed by atoms with Crippen LogP contribution >= 0.6 is 11.6 Å². The van der Waals surface area contributed by atoms with E-state index in [-0.39, 0.29) is 6.61 Å². The molecule has 0 atom stereocenters. The molecule has 0 amide bonds. The van der Waals surface area contributed by atoms with Crippen molar-refractivity contribution in [2.75, 3.05) is 0 Å². The number of carbonyl (C=O) groups is 1. The minimum absolute atomic E-state index is 0.165. The average Bonchev–Trinajstić information content (AvgIpc) is 2.75. The smallest absolute Gasteiger partial charge is 0.341 e. The largest absolute Gasteiger partial charge is 0.457 e. The Labute approximate surface area is 103 Å². The monoisotopic (exact) mass is 251 g/mol. The van der Waals surface area contributed by atoms with Crippen LogP contribution in [-0.2, 0) is 18.4 Å². The normalized spacial score (nSPS) is 10.2. The van der Waals surface area contributed by atoms with Crippen LogP contribution < -0.4 is 0 Å². The summed E-state index contributed by atoms with van der Waals surface area (Å²) in [5, 5.41) is 4.30. The molecule has 2 aromatic heterocycles. The fourth-order valence-corrected chi connectivity index (χ4v) is 1.36. The van der Waals surface area contributed by atoms with Gasteiger partial charge in [0, 0.05) is 25.0 Å². The maximum Gasteiger partial charge on any atom is 0.341 e. The standard InChI is InChI=1S/C11H10ClN3O2/c1-15-6-9(5-14-15)11(16)17-7-8-2-3-10(12)13-4-8/h2-6H,7H2,1H3. The van der Waals surface area contributed by atoms with Crippen molar-refractivity contribution in [3.8, 4) is 0 Å². The molecule has 0 saturated heterocycles. The molecule has 2 heterocycles. The summed E-state index contributed by atoms with van der Waals surface area (Å²) < 4.78 is 6.63. The molecule has 0 aliphatic rings. The fraction of sp³-hybridized carbons (Fsp3) is 0.182. The second-order valence-corrected chi connectivity index (χ2v) is 3.86. The van der Waals surface area contributed by atoms with E-state index in [0.717, 1.165) is 5.56 Å². The third kappa shape index (κ3) is 3.04. The van der Waals surface area contributed by atoms with Gasteiger partial charge in [0.25, 0.3) is 0 Å². The van der Waals surface area contributed by atoms with Crippen molar-refractivity contribution in [2.45, 2.75) is 6.61 Å². The molecule has 0 spiro atoms. The van der Waals surface area contributed by atoms with Gasteiger partial charge in [-0.2, -0.15) is 5.10 Å². The first kappa shape index (κ1) is 11.6. The molecule has 0 fully saturated rings. The molecular weight excluding hydrogens is 242 g/mol. The lowest BCUT2D eigenvalue weighted by molar-refractivity contribution is 0.0472. The fourth-order valence-electron chi connectivity index (χ4n) is 1.25. The van der Waals surface area contributed by atoms with Gasteiger partial charge >= 0.3 is 5.97 Å². The average molecular weight is 252 g/mol. The predicted octanol–water partition coefficient (Wildman–Crippen LogP) is 1.83. The third-order valence-corrected chi connectivity index (χ3v) is 2.32. The summed E-state index contributed by atoms with van der Waals surface area (Å²) in [6.07, 6.45) is 4.63. The number of carbonyl (C=O) groups excluding carboxylic acids is 1. The molecule has 0 radical (unpaired) electrons. The topological polar surface area (TPSA) is 57.0 Å². The number of pyridine rings is 1. The molecule has 88 valence electrons. The van der Waals surface area contributed by atoms with Crippen LogP contribution in [0.2, 0.25) is 5.15 Å². The molecular formula is C11H10ClN3O2. The first-order valence-electron chi connectivity index (χ1n) is 4.91. The number of halogens is 1. The van der Waals surface area contributed by atoms with Crippen molar-refractivity contribution < 1.29 is 9.53 Å². The first-order chi connectivity index (χ1) is 8.15. The van der Waals surface area contributed by atoms with Crippen molar-refractivity contribution in [1.29, 1.82) is 0 Å². The van der Waals surface area contributed by atoms with Crippen molar-refractivity contribution in [3.05, 3.63) is 47.0 Å². The highest BCUT2D eigenvalue weighted by Crippen LogP contribution is 2.08. The highest BCUT2D eigenvalue weighted by atomic mass is 35.5. The van der Waals surface area contributed by atoms with Crippen LogP contribution in [-0.4, -0.2) is 20.7 Å². The van der Waals surface area contributed by atoms with Gasteiger partial charge in [-0.05, 0) is 6.07 Å². The lowest BCUT2D eigenvalue weighted by atomic mass is 10.3. The number of rotatable bonds is 3. The van der Waals surface area contributed by atoms with E-state index in [1.807, 2.05) is 0 Å². The van der Waals surface area contributed by atoms with E-state index in [1.165, 1.54) is 6.20 Å². The number of hydrogen-bond donors (Lipinski definition) is 0. The van der Waals surface area contributed by atoms with Crippen LogP contribution in [0.5, 0.6) is 0 Å². The van der Waals surface area contributed by atoms with Crippen molar-refractivity contribution in [1.82, 2.24) is 14.8 Å². The minimum atomic E-state index is -0.409. The van der Waals surface area contributed by atoms with Gasteiger partial charge in [-0.25, -0.2) is 9.78 Å². The SMILES string of the molecule is Cn1cc(C(=O)OCc2ccc(Cl)nc2)cn1. The van der Waals surface area contributed by atoms with Gasteiger partial charge in [-0.15, -0.1) is 0 Å². The molecule has 0 bridgehead atoms. The number of aryl methyl sites for hydroxylation is 1. The van der Waals surface area contributed by atoms with Gasteiger partial charge in [-0.3, -0.25) is 4.68 Å². The molecule has 0 aromatic carbocycles. The van der Waals surface area contributed by atoms with E-state index in [4.69, 9.17) is 16.3 Å². The number of hydrogen-bond acceptors (Lipinski definition) is 4. The Kier molecular flexibility index (Phi) is 3.39. The van der Waals surface area contributed by atoms with E-state index in [1.54, 1.807) is 36.3 Å². The van der Waals surface area contributed by atoms with Crippen LogP contribution in [0, 0.1) is 0 Å². The van der Waals surface area contributed by atoms with E-state index >= 15 is 0 Å². The quantitative estimate of drug-likeness (QED) is 0.617. The molecule has 2 aromatic rings. The Morgan fingerprint density at radius 3 is 2.88 bits per heavy atom. The number of esters is 1. The van der Waals surface area contributed by atoms with Crippen LogP contribution in [0.1, 0.15) is 15.9 Å². The van der Waals surface area contributed by atoms with E-state index in [9.17, 15) is 4.79 Å². The minimum Gasteiger partial charge on any atom is -0.457 e. The summed E-state index contributed by atoms with van der Waals surface area (Å²) in [7, 11) is 1.74. The molecule has 17 heavy (non-hydrogen) atoms. The van der Waals surface area contributed by atoms with Crippen LogP contribution in [0.4, 0.5) is 0 Å². The van der Waals surface area contributed by atoms with E-state index < -0.39 is 5.97 Å². The molecule has 0 saturated carbocycles. The van der Waals surface area contributed by atoms with Gasteiger partial charge in [0.05, 0.1) is 11.8 Å². The van der Waals surface area contributed by atoms with Gasteiger partial charge in [0.1, 0.15) is 11.8 Å². The third-order valence-electron chi connectivity index (χ3n) is 2.10. The summed E-state index contributed by atoms with van der Waals surface area (Å²) in [6, 6.07) is 3.40. The van der Waals surface area contributed by atoms with Gasteiger partial charge in [-0.1, -0.05) is 17.7 Å². The molecule has 0 unspecified atom stereocenters. The van der Waals surface area contributed by atoms with Crippen LogP contribution in [0.25, 0.3) is 0 Å². The molecule has 0 aliphatic heterocycles. The van der Waals surface area contributed by atoms with Gasteiger partial charge < -0.3 is 4.74 Å². The summed E-state index contributed by atoms with van der Waals surface area (Å²) in [5.41, 5.74) is 1.21. The molecule has 0 aliphatic carbocycles. The zero-order valence-corrected chi connectivity index (χ0v) is 9.89. The summed E-state index contributed by atoms with van der Waals surface area (Å²) in [4.78, 5) is 15.5. The van der Waals surface area contributed by atoms with E-state index in [0.29, 0.717) is 10.7 Å². The Bertz CT molecular complexity index is 522. The second kappa shape index (κ2) is 4.97.